The molecule has 1 atom stereocenters. The van der Waals surface area contributed by atoms with E-state index in [0.717, 1.165) is 25.7 Å². The van der Waals surface area contributed by atoms with Gasteiger partial charge in [-0.05, 0) is 36.8 Å². The Balaban J connectivity index is 1.57. The third-order valence-electron chi connectivity index (χ3n) is 4.69. The quantitative estimate of drug-likeness (QED) is 0.745. The van der Waals surface area contributed by atoms with Crippen molar-refractivity contribution in [1.29, 1.82) is 0 Å². The Labute approximate surface area is 142 Å². The van der Waals surface area contributed by atoms with E-state index in [-0.39, 0.29) is 18.5 Å². The number of nitrogens with zero attached hydrogens (tertiary/aromatic N) is 1. The van der Waals surface area contributed by atoms with Gasteiger partial charge in [0.1, 0.15) is 0 Å². The van der Waals surface area contributed by atoms with E-state index in [9.17, 15) is 9.59 Å². The minimum Gasteiger partial charge on any atom is -0.383 e. The summed E-state index contributed by atoms with van der Waals surface area (Å²) in [5.74, 6) is -0.249. The number of methoxy groups -OCH3 is 1. The molecule has 0 aliphatic heterocycles. The lowest BCUT2D eigenvalue weighted by molar-refractivity contribution is -0.122. The molecule has 2 N–H and O–H groups in total. The van der Waals surface area contributed by atoms with Crippen molar-refractivity contribution in [3.05, 3.63) is 35.4 Å². The van der Waals surface area contributed by atoms with Crippen molar-refractivity contribution in [3.8, 4) is 0 Å². The molecule has 0 saturated heterocycles. The van der Waals surface area contributed by atoms with Crippen molar-refractivity contribution in [1.82, 2.24) is 15.5 Å². The Hall–Kier alpha value is -1.92. The predicted octanol–water partition coefficient (Wildman–Crippen LogP) is 1.61. The van der Waals surface area contributed by atoms with Crippen LogP contribution in [0.5, 0.6) is 0 Å². The fraction of sp³-hybridized carbons (Fsp3) is 0.556. The molecular weight excluding hydrogens is 306 g/mol. The highest BCUT2D eigenvalue weighted by Gasteiger charge is 2.38. The van der Waals surface area contributed by atoms with E-state index in [2.05, 4.69) is 39.8 Å². The molecule has 6 nitrogen and oxygen atoms in total. The standard InChI is InChI=1S/C18H25N3O3/c1-24-11-10-19-18(23)20-17(22)12-21(14-7-8-14)16-9-6-13-4-2-3-5-15(13)16/h2-5,14,16H,6-12H2,1H3,(H2,19,20,22,23). The molecule has 2 aliphatic carbocycles. The number of hydrogen-bond donors (Lipinski definition) is 2. The summed E-state index contributed by atoms with van der Waals surface area (Å²) in [5, 5.41) is 5.02. The second-order valence-corrected chi connectivity index (χ2v) is 6.45. The highest BCUT2D eigenvalue weighted by Crippen LogP contribution is 2.41. The van der Waals surface area contributed by atoms with Crippen LogP contribution in [0.25, 0.3) is 0 Å². The third kappa shape index (κ3) is 4.13. The van der Waals surface area contributed by atoms with E-state index in [1.54, 1.807) is 7.11 Å². The number of ether oxygens (including phenoxy) is 1. The van der Waals surface area contributed by atoms with Gasteiger partial charge in [0.2, 0.25) is 5.91 Å². The molecule has 1 fully saturated rings. The van der Waals surface area contributed by atoms with E-state index < -0.39 is 6.03 Å². The molecule has 3 amide bonds. The summed E-state index contributed by atoms with van der Waals surface area (Å²) in [6.07, 6.45) is 4.37. The lowest BCUT2D eigenvalue weighted by atomic mass is 10.1. The van der Waals surface area contributed by atoms with E-state index >= 15 is 0 Å². The summed E-state index contributed by atoms with van der Waals surface area (Å²) < 4.78 is 4.87. The normalized spacial score (nSPS) is 19.2. The van der Waals surface area contributed by atoms with Crippen LogP contribution in [-0.2, 0) is 16.0 Å². The van der Waals surface area contributed by atoms with Gasteiger partial charge >= 0.3 is 6.03 Å². The Morgan fingerprint density at radius 2 is 2.04 bits per heavy atom. The molecule has 0 spiro atoms. The van der Waals surface area contributed by atoms with E-state index in [0.29, 0.717) is 19.2 Å². The zero-order valence-corrected chi connectivity index (χ0v) is 14.1. The Bertz CT molecular complexity index is 601. The summed E-state index contributed by atoms with van der Waals surface area (Å²) in [4.78, 5) is 26.2. The van der Waals surface area contributed by atoms with Crippen LogP contribution < -0.4 is 10.6 Å². The van der Waals surface area contributed by atoms with Crippen LogP contribution >= 0.6 is 0 Å². The maximum atomic E-state index is 12.3. The van der Waals surface area contributed by atoms with Crippen molar-refractivity contribution >= 4 is 11.9 Å². The van der Waals surface area contributed by atoms with Gasteiger partial charge in [-0.25, -0.2) is 4.79 Å². The van der Waals surface area contributed by atoms with Crippen molar-refractivity contribution in [2.24, 2.45) is 0 Å². The number of carbonyl (C=O) groups is 2. The lowest BCUT2D eigenvalue weighted by Crippen LogP contribution is -2.46. The van der Waals surface area contributed by atoms with Gasteiger partial charge in [0.25, 0.3) is 0 Å². The molecule has 1 aromatic rings. The summed E-state index contributed by atoms with van der Waals surface area (Å²) in [6.45, 7) is 1.08. The Kier molecular flexibility index (Phi) is 5.48. The minimum absolute atomic E-state index is 0.249. The SMILES string of the molecule is COCCNC(=O)NC(=O)CN(C1CC1)C1CCc2ccccc21. The zero-order chi connectivity index (χ0) is 16.9. The molecule has 0 radical (unpaired) electrons. The van der Waals surface area contributed by atoms with Crippen molar-refractivity contribution in [2.45, 2.75) is 37.8 Å². The molecule has 6 heteroatoms. The number of urea groups is 1. The maximum absolute atomic E-state index is 12.3. The number of carbonyl (C=O) groups excluding carboxylic acids is 2. The fourth-order valence-electron chi connectivity index (χ4n) is 3.42. The van der Waals surface area contributed by atoms with Crippen LogP contribution in [0.4, 0.5) is 4.79 Å². The molecule has 0 bridgehead atoms. The number of amides is 3. The van der Waals surface area contributed by atoms with Crippen LogP contribution in [0, 0.1) is 0 Å². The van der Waals surface area contributed by atoms with Crippen molar-refractivity contribution < 1.29 is 14.3 Å². The molecule has 2 aliphatic rings. The predicted molar refractivity (Wildman–Crippen MR) is 90.6 cm³/mol. The van der Waals surface area contributed by atoms with Gasteiger partial charge in [-0.1, -0.05) is 24.3 Å². The molecule has 1 saturated carbocycles. The molecule has 3 rings (SSSR count). The largest absolute Gasteiger partial charge is 0.383 e. The first-order valence-electron chi connectivity index (χ1n) is 8.59. The van der Waals surface area contributed by atoms with Crippen LogP contribution in [0.15, 0.2) is 24.3 Å². The lowest BCUT2D eigenvalue weighted by Gasteiger charge is -2.29. The number of benzene rings is 1. The van der Waals surface area contributed by atoms with Gasteiger partial charge in [-0.2, -0.15) is 0 Å². The zero-order valence-electron chi connectivity index (χ0n) is 14.1. The van der Waals surface area contributed by atoms with Gasteiger partial charge in [0, 0.05) is 25.7 Å². The third-order valence-corrected chi connectivity index (χ3v) is 4.69. The van der Waals surface area contributed by atoms with Crippen LogP contribution in [0.1, 0.15) is 36.4 Å². The van der Waals surface area contributed by atoms with E-state index in [1.165, 1.54) is 11.1 Å². The molecule has 1 unspecified atom stereocenters. The smallest absolute Gasteiger partial charge is 0.321 e. The number of aryl methyl sites for hydroxylation is 1. The topological polar surface area (TPSA) is 70.7 Å². The first-order chi connectivity index (χ1) is 11.7. The monoisotopic (exact) mass is 331 g/mol. The highest BCUT2D eigenvalue weighted by molar-refractivity contribution is 5.95. The summed E-state index contributed by atoms with van der Waals surface area (Å²) >= 11 is 0. The first-order valence-corrected chi connectivity index (χ1v) is 8.59. The second kappa shape index (κ2) is 7.77. The number of rotatable bonds is 7. The number of hydrogen-bond acceptors (Lipinski definition) is 4. The van der Waals surface area contributed by atoms with Gasteiger partial charge in [-0.3, -0.25) is 15.0 Å². The summed E-state index contributed by atoms with van der Waals surface area (Å²) in [5.41, 5.74) is 2.72. The fourth-order valence-corrected chi connectivity index (χ4v) is 3.42. The maximum Gasteiger partial charge on any atom is 0.321 e. The van der Waals surface area contributed by atoms with E-state index in [1.807, 2.05) is 0 Å². The van der Waals surface area contributed by atoms with Crippen LogP contribution in [0.2, 0.25) is 0 Å². The number of fused-ring (bicyclic) bond motifs is 1. The van der Waals surface area contributed by atoms with Crippen LogP contribution in [-0.4, -0.2) is 49.7 Å². The molecular formula is C18H25N3O3. The van der Waals surface area contributed by atoms with Crippen molar-refractivity contribution in [3.63, 3.8) is 0 Å². The average Bonchev–Trinajstić information content (AvgIpc) is 3.32. The summed E-state index contributed by atoms with van der Waals surface area (Å²) in [6, 6.07) is 8.76. The van der Waals surface area contributed by atoms with Gasteiger partial charge in [-0.15, -0.1) is 0 Å². The van der Waals surface area contributed by atoms with Gasteiger partial charge in [0.05, 0.1) is 13.2 Å². The molecule has 0 aromatic heterocycles. The minimum atomic E-state index is -0.459. The molecule has 130 valence electrons. The average molecular weight is 331 g/mol. The summed E-state index contributed by atoms with van der Waals surface area (Å²) in [7, 11) is 1.57. The van der Waals surface area contributed by atoms with Crippen molar-refractivity contribution in [2.75, 3.05) is 26.8 Å². The molecule has 24 heavy (non-hydrogen) atoms. The molecule has 0 heterocycles. The van der Waals surface area contributed by atoms with Gasteiger partial charge < -0.3 is 10.1 Å². The Morgan fingerprint density at radius 3 is 2.79 bits per heavy atom. The highest BCUT2D eigenvalue weighted by atomic mass is 16.5. The van der Waals surface area contributed by atoms with E-state index in [4.69, 9.17) is 4.74 Å². The number of nitrogens with one attached hydrogen (secondary N) is 2. The first kappa shape index (κ1) is 16.9. The molecule has 1 aromatic carbocycles. The second-order valence-electron chi connectivity index (χ2n) is 6.45. The Morgan fingerprint density at radius 1 is 1.25 bits per heavy atom. The number of imide groups is 1. The van der Waals surface area contributed by atoms with Gasteiger partial charge in [0.15, 0.2) is 0 Å². The van der Waals surface area contributed by atoms with Crippen LogP contribution in [0.3, 0.4) is 0 Å².